The Hall–Kier alpha value is -0.660. The first-order valence-corrected chi connectivity index (χ1v) is 9.89. The molecule has 1 N–H and O–H groups in total. The van der Waals surface area contributed by atoms with E-state index in [1.807, 2.05) is 0 Å². The van der Waals surface area contributed by atoms with Gasteiger partial charge in [0.25, 0.3) is 0 Å². The van der Waals surface area contributed by atoms with E-state index in [-0.39, 0.29) is 30.1 Å². The van der Waals surface area contributed by atoms with E-state index < -0.39 is 11.9 Å². The smallest absolute Gasteiger partial charge is 0.385 e. The van der Waals surface area contributed by atoms with Gasteiger partial charge in [-0.25, -0.2) is 4.98 Å². The fourth-order valence-electron chi connectivity index (χ4n) is 2.86. The average molecular weight is 536 g/mol. The van der Waals surface area contributed by atoms with Crippen molar-refractivity contribution in [2.75, 3.05) is 47.0 Å². The lowest BCUT2D eigenvalue weighted by atomic mass is 10.1. The Morgan fingerprint density at radius 1 is 1.36 bits per heavy atom. The Morgan fingerprint density at radius 2 is 2.07 bits per heavy atom. The van der Waals surface area contributed by atoms with Crippen LogP contribution in [0.2, 0.25) is 0 Å². The number of halogens is 4. The topological polar surface area (TPSA) is 59.0 Å². The summed E-state index contributed by atoms with van der Waals surface area (Å²) in [6.45, 7) is 3.58. The largest absolute Gasteiger partial charge is 0.434 e. The molecule has 28 heavy (non-hydrogen) atoms. The van der Waals surface area contributed by atoms with Gasteiger partial charge in [0.2, 0.25) is 0 Å². The Balaban J connectivity index is 0.00000392. The van der Waals surface area contributed by atoms with E-state index in [1.54, 1.807) is 14.2 Å². The summed E-state index contributed by atoms with van der Waals surface area (Å²) in [6.07, 6.45) is -0.948. The minimum atomic E-state index is -4.38. The van der Waals surface area contributed by atoms with Crippen LogP contribution in [0.5, 0.6) is 0 Å². The highest BCUT2D eigenvalue weighted by atomic mass is 127. The molecule has 0 spiro atoms. The number of nitrogens with one attached hydrogen (secondary N) is 1. The predicted molar refractivity (Wildman–Crippen MR) is 115 cm³/mol. The molecule has 0 saturated carbocycles. The molecule has 0 unspecified atom stereocenters. The number of ether oxygens (including phenoxy) is 2. The molecule has 2 heterocycles. The van der Waals surface area contributed by atoms with Crippen molar-refractivity contribution in [2.24, 2.45) is 4.99 Å². The second-order valence-electron chi connectivity index (χ2n) is 6.25. The number of nitrogens with zero attached hydrogens (tertiary/aromatic N) is 3. The second-order valence-corrected chi connectivity index (χ2v) is 7.19. The fraction of sp³-hybridized carbons (Fsp3) is 0.765. The Kier molecular flexibility index (Phi) is 11.6. The van der Waals surface area contributed by atoms with E-state index in [2.05, 4.69) is 20.2 Å². The van der Waals surface area contributed by atoms with Gasteiger partial charge in [-0.1, -0.05) is 0 Å². The van der Waals surface area contributed by atoms with E-state index >= 15 is 0 Å². The number of likely N-dealkylation sites (tertiary alicyclic amines) is 1. The lowest BCUT2D eigenvalue weighted by Crippen LogP contribution is -2.47. The van der Waals surface area contributed by atoms with Crippen LogP contribution in [0.15, 0.2) is 10.4 Å². The number of methoxy groups -OCH3 is 1. The number of aromatic nitrogens is 1. The minimum Gasteiger partial charge on any atom is -0.385 e. The molecule has 0 bridgehead atoms. The zero-order valence-electron chi connectivity index (χ0n) is 16.1. The summed E-state index contributed by atoms with van der Waals surface area (Å²) in [5.74, 6) is 0.764. The molecule has 0 aromatic carbocycles. The maximum absolute atomic E-state index is 12.6. The highest BCUT2D eigenvalue weighted by Crippen LogP contribution is 2.30. The van der Waals surface area contributed by atoms with Gasteiger partial charge >= 0.3 is 6.18 Å². The van der Waals surface area contributed by atoms with Crippen LogP contribution in [0.25, 0.3) is 0 Å². The van der Waals surface area contributed by atoms with Crippen molar-refractivity contribution >= 4 is 41.3 Å². The quantitative estimate of drug-likeness (QED) is 0.239. The lowest BCUT2D eigenvalue weighted by molar-refractivity contribution is -0.140. The van der Waals surface area contributed by atoms with Crippen LogP contribution in [-0.2, 0) is 22.1 Å². The van der Waals surface area contributed by atoms with Gasteiger partial charge in [-0.2, -0.15) is 13.2 Å². The minimum absolute atomic E-state index is 0. The van der Waals surface area contributed by atoms with Gasteiger partial charge in [0.05, 0.1) is 11.1 Å². The molecule has 1 fully saturated rings. The standard InChI is InChI=1S/C17H27F3N4O2S.HI/c1-21-16(22-7-4-15-23-14(12-27-15)17(18,19)20)24-8-5-13(6-9-24)26-11-3-10-25-2;/h12-13H,3-11H2,1-2H3,(H,21,22);1H. The van der Waals surface area contributed by atoms with Gasteiger partial charge < -0.3 is 19.7 Å². The van der Waals surface area contributed by atoms with Gasteiger partial charge in [0, 0.05) is 58.8 Å². The molecule has 0 radical (unpaired) electrons. The number of hydrogen-bond acceptors (Lipinski definition) is 5. The normalized spacial score (nSPS) is 16.2. The lowest BCUT2D eigenvalue weighted by Gasteiger charge is -2.34. The summed E-state index contributed by atoms with van der Waals surface area (Å²) in [7, 11) is 3.39. The maximum Gasteiger partial charge on any atom is 0.434 e. The van der Waals surface area contributed by atoms with Crippen molar-refractivity contribution < 1.29 is 22.6 Å². The summed E-state index contributed by atoms with van der Waals surface area (Å²) in [5.41, 5.74) is -0.820. The summed E-state index contributed by atoms with van der Waals surface area (Å²) in [6, 6.07) is 0. The van der Waals surface area contributed by atoms with E-state index in [0.29, 0.717) is 31.2 Å². The van der Waals surface area contributed by atoms with E-state index in [9.17, 15) is 13.2 Å². The van der Waals surface area contributed by atoms with Crippen molar-refractivity contribution in [3.8, 4) is 0 Å². The van der Waals surface area contributed by atoms with Crippen molar-refractivity contribution in [2.45, 2.75) is 38.0 Å². The SMILES string of the molecule is CN=C(NCCc1nc(C(F)(F)F)cs1)N1CCC(OCCCOC)CC1.I. The zero-order chi connectivity index (χ0) is 19.7. The molecule has 0 atom stereocenters. The van der Waals surface area contributed by atoms with Crippen LogP contribution >= 0.6 is 35.3 Å². The molecule has 6 nitrogen and oxygen atoms in total. The molecule has 1 aliphatic heterocycles. The monoisotopic (exact) mass is 536 g/mol. The molecular formula is C17H28F3IN4O2S. The molecule has 162 valence electrons. The Labute approximate surface area is 184 Å². The van der Waals surface area contributed by atoms with Gasteiger partial charge in [-0.15, -0.1) is 35.3 Å². The van der Waals surface area contributed by atoms with Crippen LogP contribution < -0.4 is 5.32 Å². The predicted octanol–water partition coefficient (Wildman–Crippen LogP) is 3.42. The van der Waals surface area contributed by atoms with Gasteiger partial charge in [0.15, 0.2) is 11.7 Å². The Bertz CT molecular complexity index is 593. The second kappa shape index (κ2) is 12.8. The molecule has 11 heteroatoms. The third kappa shape index (κ3) is 8.37. The summed E-state index contributed by atoms with van der Waals surface area (Å²) >= 11 is 1.03. The van der Waals surface area contributed by atoms with E-state index in [0.717, 1.165) is 55.0 Å². The molecule has 1 aromatic heterocycles. The third-order valence-corrected chi connectivity index (χ3v) is 5.17. The first kappa shape index (κ1) is 25.4. The molecule has 1 saturated heterocycles. The van der Waals surface area contributed by atoms with Crippen LogP contribution in [0, 0.1) is 0 Å². The number of piperidine rings is 1. The van der Waals surface area contributed by atoms with E-state index in [4.69, 9.17) is 9.47 Å². The number of alkyl halides is 3. The summed E-state index contributed by atoms with van der Waals surface area (Å²) in [4.78, 5) is 10.1. The zero-order valence-corrected chi connectivity index (χ0v) is 19.3. The number of hydrogen-bond donors (Lipinski definition) is 1. The van der Waals surface area contributed by atoms with Crippen LogP contribution in [0.4, 0.5) is 13.2 Å². The molecule has 1 aromatic rings. The molecular weight excluding hydrogens is 508 g/mol. The average Bonchev–Trinajstić information content (AvgIpc) is 3.13. The molecule has 2 rings (SSSR count). The number of rotatable bonds is 8. The number of thiazole rings is 1. The van der Waals surface area contributed by atoms with Crippen molar-refractivity contribution in [3.05, 3.63) is 16.1 Å². The maximum atomic E-state index is 12.6. The molecule has 1 aliphatic rings. The van der Waals surface area contributed by atoms with Crippen molar-refractivity contribution in [3.63, 3.8) is 0 Å². The summed E-state index contributed by atoms with van der Waals surface area (Å²) in [5, 5.41) is 4.74. The molecule has 0 amide bonds. The van der Waals surface area contributed by atoms with Gasteiger partial charge in [0.1, 0.15) is 0 Å². The summed E-state index contributed by atoms with van der Waals surface area (Å²) < 4.78 is 48.6. The Morgan fingerprint density at radius 3 is 2.64 bits per heavy atom. The van der Waals surface area contributed by atoms with Gasteiger partial charge in [-0.3, -0.25) is 4.99 Å². The first-order chi connectivity index (χ1) is 12.9. The highest BCUT2D eigenvalue weighted by Gasteiger charge is 2.33. The van der Waals surface area contributed by atoms with E-state index in [1.165, 1.54) is 0 Å². The highest BCUT2D eigenvalue weighted by molar-refractivity contribution is 14.0. The first-order valence-electron chi connectivity index (χ1n) is 9.01. The van der Waals surface area contributed by atoms with Crippen molar-refractivity contribution in [1.29, 1.82) is 0 Å². The van der Waals surface area contributed by atoms with Crippen LogP contribution in [0.3, 0.4) is 0 Å². The third-order valence-electron chi connectivity index (χ3n) is 4.26. The number of aliphatic imine (C=N–C) groups is 1. The van der Waals surface area contributed by atoms with Crippen LogP contribution in [-0.4, -0.2) is 69.0 Å². The number of guanidine groups is 1. The van der Waals surface area contributed by atoms with Crippen LogP contribution in [0.1, 0.15) is 30.0 Å². The fourth-order valence-corrected chi connectivity index (χ4v) is 3.66. The van der Waals surface area contributed by atoms with Gasteiger partial charge in [-0.05, 0) is 19.3 Å². The molecule has 0 aliphatic carbocycles. The van der Waals surface area contributed by atoms with Crippen molar-refractivity contribution in [1.82, 2.24) is 15.2 Å².